The number of carbonyl (C=O) groups is 2. The Bertz CT molecular complexity index is 666. The normalized spacial score (nSPS) is 15.0. The third kappa shape index (κ3) is 2.50. The number of hydrogen-bond donors (Lipinski definition) is 1. The quantitative estimate of drug-likeness (QED) is 0.521. The number of rotatable bonds is 5. The number of carbonyl (C=O) groups excluding carboxylic acids is 2. The van der Waals surface area contributed by atoms with Gasteiger partial charge in [-0.05, 0) is 17.7 Å². The summed E-state index contributed by atoms with van der Waals surface area (Å²) in [4.78, 5) is 33.9. The minimum Gasteiger partial charge on any atom is -0.266 e. The molecule has 0 fully saturated rings. The van der Waals surface area contributed by atoms with Crippen LogP contribution in [0.15, 0.2) is 54.6 Å². The summed E-state index contributed by atoms with van der Waals surface area (Å²) in [6, 6.07) is 15.4. The minimum absolute atomic E-state index is 0.175. The molecule has 0 aliphatic carbocycles. The molecule has 1 unspecified atom stereocenters. The SMILES string of the molecule is O=C1c2ccccc2C(=O)N1OCC(OO)c1ccccc1. The predicted octanol–water partition coefficient (Wildman–Crippen LogP) is 2.45. The first-order chi connectivity index (χ1) is 10.7. The molecule has 0 bridgehead atoms. The maximum atomic E-state index is 12.1. The molecule has 112 valence electrons. The topological polar surface area (TPSA) is 76.1 Å². The van der Waals surface area contributed by atoms with Crippen molar-refractivity contribution in [2.45, 2.75) is 6.10 Å². The van der Waals surface area contributed by atoms with Crippen LogP contribution < -0.4 is 0 Å². The molecule has 0 aromatic heterocycles. The first-order valence-corrected chi connectivity index (χ1v) is 6.68. The summed E-state index contributed by atoms with van der Waals surface area (Å²) >= 11 is 0. The van der Waals surface area contributed by atoms with Crippen LogP contribution in [0.25, 0.3) is 0 Å². The van der Waals surface area contributed by atoms with Crippen LogP contribution in [0.3, 0.4) is 0 Å². The van der Waals surface area contributed by atoms with Gasteiger partial charge in [0.25, 0.3) is 11.8 Å². The molecular weight excluding hydrogens is 286 g/mol. The van der Waals surface area contributed by atoms with E-state index in [1.165, 1.54) is 0 Å². The first-order valence-electron chi connectivity index (χ1n) is 6.68. The predicted molar refractivity (Wildman–Crippen MR) is 75.8 cm³/mol. The molecule has 6 nitrogen and oxygen atoms in total. The van der Waals surface area contributed by atoms with Crippen molar-refractivity contribution >= 4 is 11.8 Å². The number of nitrogens with zero attached hydrogens (tertiary/aromatic N) is 1. The Labute approximate surface area is 126 Å². The average molecular weight is 299 g/mol. The first kappa shape index (κ1) is 14.4. The van der Waals surface area contributed by atoms with Crippen LogP contribution in [0.1, 0.15) is 32.4 Å². The number of fused-ring (bicyclic) bond motifs is 1. The summed E-state index contributed by atoms with van der Waals surface area (Å²) < 4.78 is 0. The molecule has 2 amide bonds. The number of amides is 2. The fourth-order valence-electron chi connectivity index (χ4n) is 2.28. The smallest absolute Gasteiger partial charge is 0.266 e. The van der Waals surface area contributed by atoms with Gasteiger partial charge in [-0.15, -0.1) is 5.06 Å². The Balaban J connectivity index is 1.72. The van der Waals surface area contributed by atoms with E-state index >= 15 is 0 Å². The van der Waals surface area contributed by atoms with Gasteiger partial charge in [-0.25, -0.2) is 4.89 Å². The zero-order valence-electron chi connectivity index (χ0n) is 11.5. The largest absolute Gasteiger partial charge is 0.285 e. The third-order valence-electron chi connectivity index (χ3n) is 3.41. The van der Waals surface area contributed by atoms with Crippen molar-refractivity contribution in [1.82, 2.24) is 5.06 Å². The van der Waals surface area contributed by atoms with Crippen molar-refractivity contribution in [2.75, 3.05) is 6.61 Å². The maximum Gasteiger partial charge on any atom is 0.285 e. The van der Waals surface area contributed by atoms with Crippen molar-refractivity contribution in [3.05, 3.63) is 71.3 Å². The van der Waals surface area contributed by atoms with E-state index in [1.54, 1.807) is 48.5 Å². The summed E-state index contributed by atoms with van der Waals surface area (Å²) in [7, 11) is 0. The molecule has 22 heavy (non-hydrogen) atoms. The molecule has 1 atom stereocenters. The summed E-state index contributed by atoms with van der Waals surface area (Å²) in [5, 5.41) is 9.68. The highest BCUT2D eigenvalue weighted by atomic mass is 17.1. The zero-order chi connectivity index (χ0) is 15.5. The maximum absolute atomic E-state index is 12.1. The van der Waals surface area contributed by atoms with Gasteiger partial charge in [-0.1, -0.05) is 42.5 Å². The standard InChI is InChI=1S/C16H13NO5/c18-15-12-8-4-5-9-13(12)16(19)17(15)21-10-14(22-20)11-6-2-1-3-7-11/h1-9,14,20H,10H2. The lowest BCUT2D eigenvalue weighted by atomic mass is 10.1. The zero-order valence-corrected chi connectivity index (χ0v) is 11.5. The molecule has 1 aliphatic heterocycles. The molecule has 0 radical (unpaired) electrons. The molecule has 3 rings (SSSR count). The molecule has 2 aromatic carbocycles. The van der Waals surface area contributed by atoms with Crippen LogP contribution >= 0.6 is 0 Å². The Morgan fingerprint density at radius 1 is 0.909 bits per heavy atom. The fourth-order valence-corrected chi connectivity index (χ4v) is 2.28. The summed E-state index contributed by atoms with van der Waals surface area (Å²) in [5.74, 6) is -1.05. The highest BCUT2D eigenvalue weighted by molar-refractivity contribution is 6.20. The summed E-state index contributed by atoms with van der Waals surface area (Å²) in [6.07, 6.45) is -0.800. The minimum atomic E-state index is -0.800. The molecule has 1 aliphatic rings. The number of hydroxylamine groups is 2. The van der Waals surface area contributed by atoms with Crippen LogP contribution in [0.2, 0.25) is 0 Å². The average Bonchev–Trinajstić information content (AvgIpc) is 2.81. The molecule has 0 spiro atoms. The number of imide groups is 1. The Morgan fingerprint density at radius 3 is 2.00 bits per heavy atom. The highest BCUT2D eigenvalue weighted by Gasteiger charge is 2.37. The van der Waals surface area contributed by atoms with Crippen LogP contribution in [0.5, 0.6) is 0 Å². The molecule has 0 saturated carbocycles. The van der Waals surface area contributed by atoms with Gasteiger partial charge in [0.1, 0.15) is 12.7 Å². The summed E-state index contributed by atoms with van der Waals surface area (Å²) in [6.45, 7) is -0.175. The van der Waals surface area contributed by atoms with Gasteiger partial charge < -0.3 is 0 Å². The fraction of sp³-hybridized carbons (Fsp3) is 0.125. The monoisotopic (exact) mass is 299 g/mol. The van der Waals surface area contributed by atoms with Gasteiger partial charge in [0, 0.05) is 0 Å². The van der Waals surface area contributed by atoms with Crippen LogP contribution in [0.4, 0.5) is 0 Å². The van der Waals surface area contributed by atoms with Crippen molar-refractivity contribution in [3.63, 3.8) is 0 Å². The molecule has 6 heteroatoms. The molecule has 2 aromatic rings. The second kappa shape index (κ2) is 6.07. The van der Waals surface area contributed by atoms with Gasteiger partial charge >= 0.3 is 0 Å². The lowest BCUT2D eigenvalue weighted by molar-refractivity contribution is -0.299. The molecule has 0 saturated heterocycles. The summed E-state index contributed by atoms with van der Waals surface area (Å²) in [5.41, 5.74) is 1.27. The van der Waals surface area contributed by atoms with Crippen LogP contribution in [0, 0.1) is 0 Å². The van der Waals surface area contributed by atoms with Gasteiger partial charge in [0.05, 0.1) is 11.1 Å². The Kier molecular flexibility index (Phi) is 3.97. The van der Waals surface area contributed by atoms with Gasteiger partial charge in [-0.3, -0.25) is 19.7 Å². The lowest BCUT2D eigenvalue weighted by Crippen LogP contribution is -2.32. The van der Waals surface area contributed by atoms with E-state index in [9.17, 15) is 9.59 Å². The van der Waals surface area contributed by atoms with Crippen LogP contribution in [-0.2, 0) is 9.73 Å². The van der Waals surface area contributed by atoms with E-state index in [0.29, 0.717) is 21.8 Å². The highest BCUT2D eigenvalue weighted by Crippen LogP contribution is 2.24. The molecular formula is C16H13NO5. The Morgan fingerprint density at radius 2 is 1.45 bits per heavy atom. The van der Waals surface area contributed by atoms with Gasteiger partial charge in [0.2, 0.25) is 0 Å². The van der Waals surface area contributed by atoms with Crippen molar-refractivity contribution in [1.29, 1.82) is 0 Å². The van der Waals surface area contributed by atoms with Crippen molar-refractivity contribution < 1.29 is 24.6 Å². The lowest BCUT2D eigenvalue weighted by Gasteiger charge is -2.18. The number of hydrogen-bond acceptors (Lipinski definition) is 5. The van der Waals surface area contributed by atoms with E-state index < -0.39 is 17.9 Å². The van der Waals surface area contributed by atoms with Crippen molar-refractivity contribution in [2.24, 2.45) is 0 Å². The van der Waals surface area contributed by atoms with Gasteiger partial charge in [0.15, 0.2) is 0 Å². The Hall–Kier alpha value is -2.54. The van der Waals surface area contributed by atoms with Crippen LogP contribution in [-0.4, -0.2) is 28.7 Å². The number of benzene rings is 2. The second-order valence-corrected chi connectivity index (χ2v) is 4.75. The molecule has 1 N–H and O–H groups in total. The van der Waals surface area contributed by atoms with E-state index in [4.69, 9.17) is 10.1 Å². The van der Waals surface area contributed by atoms with E-state index in [1.807, 2.05) is 6.07 Å². The second-order valence-electron chi connectivity index (χ2n) is 4.75. The van der Waals surface area contributed by atoms with Crippen molar-refractivity contribution in [3.8, 4) is 0 Å². The third-order valence-corrected chi connectivity index (χ3v) is 3.41. The molecule has 1 heterocycles. The van der Waals surface area contributed by atoms with E-state index in [2.05, 4.69) is 4.89 Å². The van der Waals surface area contributed by atoms with Gasteiger partial charge in [-0.2, -0.15) is 0 Å². The van der Waals surface area contributed by atoms with E-state index in [-0.39, 0.29) is 6.61 Å². The van der Waals surface area contributed by atoms with E-state index in [0.717, 1.165) is 0 Å².